The molecular weight excluding hydrogens is 276 g/mol. The average Bonchev–Trinajstić information content (AvgIpc) is 2.97. The van der Waals surface area contributed by atoms with Crippen molar-refractivity contribution in [2.75, 3.05) is 33.5 Å². The van der Waals surface area contributed by atoms with Crippen LogP contribution in [-0.4, -0.2) is 49.3 Å². The van der Waals surface area contributed by atoms with Crippen LogP contribution in [0, 0.1) is 5.92 Å². The number of aromatic nitrogens is 1. The Labute approximate surface area is 123 Å². The topological polar surface area (TPSA) is 51.7 Å². The van der Waals surface area contributed by atoms with Crippen LogP contribution in [0.1, 0.15) is 24.3 Å². The first-order valence-corrected chi connectivity index (χ1v) is 7.90. The van der Waals surface area contributed by atoms with E-state index in [1.54, 1.807) is 24.6 Å². The van der Waals surface area contributed by atoms with Gasteiger partial charge < -0.3 is 14.4 Å². The van der Waals surface area contributed by atoms with Crippen LogP contribution >= 0.6 is 11.3 Å². The number of hydrogen-bond acceptors (Lipinski definition) is 5. The lowest BCUT2D eigenvalue weighted by molar-refractivity contribution is -0.134. The Hall–Kier alpha value is -0.980. The van der Waals surface area contributed by atoms with Gasteiger partial charge in [-0.2, -0.15) is 0 Å². The maximum Gasteiger partial charge on any atom is 0.223 e. The number of amides is 1. The normalized spacial score (nSPS) is 18.9. The van der Waals surface area contributed by atoms with Crippen LogP contribution in [0.3, 0.4) is 0 Å². The summed E-state index contributed by atoms with van der Waals surface area (Å²) in [4.78, 5) is 18.5. The molecule has 0 aromatic carbocycles. The minimum atomic E-state index is 0.174. The molecule has 0 aliphatic carbocycles. The lowest BCUT2D eigenvalue weighted by atomic mass is 9.98. The molecule has 1 aromatic rings. The summed E-state index contributed by atoms with van der Waals surface area (Å²) in [6.07, 6.45) is 4.48. The van der Waals surface area contributed by atoms with Crippen LogP contribution in [0.5, 0.6) is 0 Å². The van der Waals surface area contributed by atoms with Crippen molar-refractivity contribution < 1.29 is 14.3 Å². The van der Waals surface area contributed by atoms with Crippen LogP contribution in [0.4, 0.5) is 0 Å². The summed E-state index contributed by atoms with van der Waals surface area (Å²) in [5.74, 6) is 0.533. The maximum absolute atomic E-state index is 12.4. The Bertz CT molecular complexity index is 391. The lowest BCUT2D eigenvalue weighted by Gasteiger charge is -2.26. The first kappa shape index (κ1) is 15.4. The number of nitrogens with zero attached hydrogens (tertiary/aromatic N) is 2. The number of carbonyl (C=O) groups is 1. The number of rotatable bonds is 7. The first-order valence-electron chi connectivity index (χ1n) is 7.02. The van der Waals surface area contributed by atoms with Crippen molar-refractivity contribution in [1.29, 1.82) is 0 Å². The molecular formula is C14H22N2O3S. The zero-order chi connectivity index (χ0) is 14.2. The van der Waals surface area contributed by atoms with E-state index < -0.39 is 0 Å². The van der Waals surface area contributed by atoms with E-state index in [0.717, 1.165) is 24.5 Å². The lowest BCUT2D eigenvalue weighted by Crippen LogP contribution is -2.35. The Kier molecular flexibility index (Phi) is 6.42. The van der Waals surface area contributed by atoms with Gasteiger partial charge in [0.25, 0.3) is 0 Å². The van der Waals surface area contributed by atoms with Crippen LogP contribution in [0.15, 0.2) is 11.6 Å². The molecule has 6 heteroatoms. The maximum atomic E-state index is 12.4. The van der Waals surface area contributed by atoms with Gasteiger partial charge in [0, 0.05) is 44.9 Å². The molecule has 1 amide bonds. The average molecular weight is 298 g/mol. The van der Waals surface area contributed by atoms with Gasteiger partial charge in [-0.3, -0.25) is 4.79 Å². The molecule has 1 aliphatic heterocycles. The van der Waals surface area contributed by atoms with Gasteiger partial charge in [0.15, 0.2) is 0 Å². The summed E-state index contributed by atoms with van der Waals surface area (Å²) < 4.78 is 10.5. The highest BCUT2D eigenvalue weighted by atomic mass is 32.1. The van der Waals surface area contributed by atoms with Crippen molar-refractivity contribution in [2.45, 2.75) is 25.8 Å². The summed E-state index contributed by atoms with van der Waals surface area (Å²) in [5.41, 5.74) is 0. The van der Waals surface area contributed by atoms with Crippen LogP contribution in [-0.2, 0) is 20.8 Å². The van der Waals surface area contributed by atoms with Crippen molar-refractivity contribution in [3.05, 3.63) is 16.6 Å². The second kappa shape index (κ2) is 8.34. The number of hydrogen-bond donors (Lipinski definition) is 0. The van der Waals surface area contributed by atoms with Gasteiger partial charge in [-0.25, -0.2) is 4.98 Å². The van der Waals surface area contributed by atoms with Crippen molar-refractivity contribution in [1.82, 2.24) is 9.88 Å². The number of ether oxygens (including phenoxy) is 2. The molecule has 0 saturated carbocycles. The van der Waals surface area contributed by atoms with E-state index in [4.69, 9.17) is 9.47 Å². The molecule has 0 bridgehead atoms. The monoisotopic (exact) mass is 298 g/mol. The Morgan fingerprint density at radius 2 is 2.55 bits per heavy atom. The minimum absolute atomic E-state index is 0.174. The second-order valence-electron chi connectivity index (χ2n) is 5.02. The highest BCUT2D eigenvalue weighted by molar-refractivity contribution is 7.09. The minimum Gasteiger partial charge on any atom is -0.383 e. The molecule has 112 valence electrons. The van der Waals surface area contributed by atoms with Crippen molar-refractivity contribution in [2.24, 2.45) is 5.92 Å². The summed E-state index contributed by atoms with van der Waals surface area (Å²) >= 11 is 1.58. The highest BCUT2D eigenvalue weighted by Gasteiger charge is 2.22. The van der Waals surface area contributed by atoms with E-state index in [9.17, 15) is 4.79 Å². The van der Waals surface area contributed by atoms with Gasteiger partial charge in [0.1, 0.15) is 5.01 Å². The van der Waals surface area contributed by atoms with Gasteiger partial charge in [0.2, 0.25) is 5.91 Å². The molecule has 1 aliphatic rings. The van der Waals surface area contributed by atoms with E-state index in [2.05, 4.69) is 4.98 Å². The van der Waals surface area contributed by atoms with E-state index in [0.29, 0.717) is 38.6 Å². The summed E-state index contributed by atoms with van der Waals surface area (Å²) in [5, 5.41) is 2.90. The smallest absolute Gasteiger partial charge is 0.223 e. The third-order valence-electron chi connectivity index (χ3n) is 3.45. The predicted molar refractivity (Wildman–Crippen MR) is 77.6 cm³/mol. The van der Waals surface area contributed by atoms with Crippen molar-refractivity contribution >= 4 is 17.2 Å². The molecule has 5 nitrogen and oxygen atoms in total. The van der Waals surface area contributed by atoms with E-state index in [1.807, 2.05) is 10.3 Å². The van der Waals surface area contributed by atoms with Gasteiger partial charge in [0.05, 0.1) is 13.2 Å². The van der Waals surface area contributed by atoms with Gasteiger partial charge >= 0.3 is 0 Å². The molecule has 1 aromatic heterocycles. The quantitative estimate of drug-likeness (QED) is 0.772. The van der Waals surface area contributed by atoms with Crippen LogP contribution in [0.25, 0.3) is 0 Å². The molecule has 20 heavy (non-hydrogen) atoms. The summed E-state index contributed by atoms with van der Waals surface area (Å²) in [6.45, 7) is 3.28. The SMILES string of the molecule is COCCN(Cc1nccs1)C(=O)C[C@@H]1CCCOC1. The van der Waals surface area contributed by atoms with Crippen LogP contribution in [0.2, 0.25) is 0 Å². The first-order chi connectivity index (χ1) is 9.79. The Morgan fingerprint density at radius 1 is 1.65 bits per heavy atom. The predicted octanol–water partition coefficient (Wildman–Crippen LogP) is 1.93. The molecule has 0 spiro atoms. The van der Waals surface area contributed by atoms with E-state index in [-0.39, 0.29) is 5.91 Å². The zero-order valence-electron chi connectivity index (χ0n) is 11.9. The van der Waals surface area contributed by atoms with E-state index in [1.165, 1.54) is 0 Å². The zero-order valence-corrected chi connectivity index (χ0v) is 12.7. The third-order valence-corrected chi connectivity index (χ3v) is 4.21. The Balaban J connectivity index is 1.88. The highest BCUT2D eigenvalue weighted by Crippen LogP contribution is 2.19. The standard InChI is InChI=1S/C14H22N2O3S/c1-18-7-5-16(10-13-15-4-8-20-13)14(17)9-12-3-2-6-19-11-12/h4,8,12H,2-3,5-7,9-11H2,1H3/t12-/m0/s1. The Morgan fingerprint density at radius 3 is 3.20 bits per heavy atom. The van der Waals surface area contributed by atoms with Crippen molar-refractivity contribution in [3.63, 3.8) is 0 Å². The van der Waals surface area contributed by atoms with Crippen LogP contribution < -0.4 is 0 Å². The third kappa shape index (κ3) is 4.85. The molecule has 0 radical (unpaired) electrons. The van der Waals surface area contributed by atoms with Crippen molar-refractivity contribution in [3.8, 4) is 0 Å². The molecule has 1 saturated heterocycles. The van der Waals surface area contributed by atoms with Gasteiger partial charge in [-0.05, 0) is 18.8 Å². The number of carbonyl (C=O) groups excluding carboxylic acids is 1. The molecule has 1 fully saturated rings. The molecule has 0 unspecified atom stereocenters. The summed E-state index contributed by atoms with van der Waals surface area (Å²) in [6, 6.07) is 0. The number of thiazole rings is 1. The largest absolute Gasteiger partial charge is 0.383 e. The molecule has 0 N–H and O–H groups in total. The van der Waals surface area contributed by atoms with Gasteiger partial charge in [-0.15, -0.1) is 11.3 Å². The molecule has 2 heterocycles. The van der Waals surface area contributed by atoms with Gasteiger partial charge in [-0.1, -0.05) is 0 Å². The summed E-state index contributed by atoms with van der Waals surface area (Å²) in [7, 11) is 1.65. The fraction of sp³-hybridized carbons (Fsp3) is 0.714. The fourth-order valence-corrected chi connectivity index (χ4v) is 2.96. The molecule has 1 atom stereocenters. The fourth-order valence-electron chi connectivity index (χ4n) is 2.33. The van der Waals surface area contributed by atoms with E-state index >= 15 is 0 Å². The number of methoxy groups -OCH3 is 1. The second-order valence-corrected chi connectivity index (χ2v) is 6.00. The molecule has 2 rings (SSSR count).